The number of carbonyl (C=O) groups is 1. The lowest BCUT2D eigenvalue weighted by Crippen LogP contribution is -2.22. The van der Waals surface area contributed by atoms with Gasteiger partial charge in [0, 0.05) is 18.4 Å². The van der Waals surface area contributed by atoms with Gasteiger partial charge in [-0.25, -0.2) is 4.98 Å². The van der Waals surface area contributed by atoms with Crippen LogP contribution >= 0.6 is 11.6 Å². The number of nitrogens with zero attached hydrogens (tertiary/aromatic N) is 2. The van der Waals surface area contributed by atoms with E-state index in [1.165, 1.54) is 0 Å². The first-order chi connectivity index (χ1) is 7.13. The Morgan fingerprint density at radius 2 is 2.33 bits per heavy atom. The Labute approximate surface area is 94.4 Å². The van der Waals surface area contributed by atoms with Crippen LogP contribution in [0.15, 0.2) is 0 Å². The van der Waals surface area contributed by atoms with Gasteiger partial charge in [0.25, 0.3) is 0 Å². The molecule has 15 heavy (non-hydrogen) atoms. The number of hydrogen-bond donors (Lipinski definition) is 0. The molecule has 1 unspecified atom stereocenters. The molecule has 2 heterocycles. The Balaban J connectivity index is 2.41. The van der Waals surface area contributed by atoms with Gasteiger partial charge < -0.3 is 9.36 Å². The largest absolute Gasteiger partial charge is 0.330 e. The summed E-state index contributed by atoms with van der Waals surface area (Å²) < 4.78 is 2.12. The molecule has 2 rings (SSSR count). The van der Waals surface area contributed by atoms with E-state index in [0.717, 1.165) is 37.2 Å². The quantitative estimate of drug-likeness (QED) is 0.726. The van der Waals surface area contributed by atoms with Gasteiger partial charge in [0.05, 0.1) is 5.69 Å². The van der Waals surface area contributed by atoms with E-state index in [0.29, 0.717) is 11.1 Å². The molecule has 82 valence electrons. The highest BCUT2D eigenvalue weighted by molar-refractivity contribution is 6.30. The predicted octanol–water partition coefficient (Wildman–Crippen LogP) is 2.42. The van der Waals surface area contributed by atoms with Crippen LogP contribution in [0, 0.1) is 5.92 Å². The molecule has 0 bridgehead atoms. The first-order valence-electron chi connectivity index (χ1n) is 5.33. The van der Waals surface area contributed by atoms with E-state index < -0.39 is 0 Å². The van der Waals surface area contributed by atoms with Crippen LogP contribution in [0.4, 0.5) is 0 Å². The van der Waals surface area contributed by atoms with Gasteiger partial charge in [-0.3, -0.25) is 0 Å². The third kappa shape index (κ3) is 1.81. The van der Waals surface area contributed by atoms with Crippen LogP contribution in [0.1, 0.15) is 37.7 Å². The molecular weight excluding hydrogens is 212 g/mol. The molecule has 0 N–H and O–H groups in total. The Kier molecular flexibility index (Phi) is 2.83. The van der Waals surface area contributed by atoms with Gasteiger partial charge in [-0.05, 0) is 12.8 Å². The average molecular weight is 227 g/mol. The van der Waals surface area contributed by atoms with Gasteiger partial charge >= 0.3 is 0 Å². The Hall–Kier alpha value is -0.830. The van der Waals surface area contributed by atoms with E-state index in [9.17, 15) is 4.79 Å². The number of fused-ring (bicyclic) bond motifs is 1. The van der Waals surface area contributed by atoms with Gasteiger partial charge in [-0.2, -0.15) is 0 Å². The summed E-state index contributed by atoms with van der Waals surface area (Å²) in [6.45, 7) is 4.93. The normalized spacial score (nSPS) is 20.4. The number of aldehydes is 1. The molecule has 0 saturated carbocycles. The Bertz CT molecular complexity index is 384. The molecule has 3 nitrogen and oxygen atoms in total. The molecular formula is C11H15ClN2O. The first-order valence-corrected chi connectivity index (χ1v) is 5.71. The van der Waals surface area contributed by atoms with Gasteiger partial charge in [-0.15, -0.1) is 0 Å². The van der Waals surface area contributed by atoms with Crippen LogP contribution in [-0.2, 0) is 17.8 Å². The fraction of sp³-hybridized carbons (Fsp3) is 0.636. The van der Waals surface area contributed by atoms with Crippen LogP contribution in [0.25, 0.3) is 0 Å². The number of halogens is 1. The second-order valence-corrected chi connectivity index (χ2v) is 4.77. The van der Waals surface area contributed by atoms with Crippen molar-refractivity contribution in [3.63, 3.8) is 0 Å². The maximum atomic E-state index is 10.8. The number of aromatic nitrogens is 2. The molecule has 1 aromatic heterocycles. The summed E-state index contributed by atoms with van der Waals surface area (Å²) in [7, 11) is 0. The molecule has 1 aliphatic heterocycles. The van der Waals surface area contributed by atoms with E-state index in [4.69, 9.17) is 11.6 Å². The SMILES string of the molecule is CC(C)c1nc(Cl)c2n1CC(C=O)CC2. The summed E-state index contributed by atoms with van der Waals surface area (Å²) in [6.07, 6.45) is 2.80. The maximum absolute atomic E-state index is 10.8. The van der Waals surface area contributed by atoms with Crippen LogP contribution in [-0.4, -0.2) is 15.8 Å². The summed E-state index contributed by atoms with van der Waals surface area (Å²) in [4.78, 5) is 15.2. The van der Waals surface area contributed by atoms with Crippen molar-refractivity contribution in [3.05, 3.63) is 16.7 Å². The summed E-state index contributed by atoms with van der Waals surface area (Å²) in [5.41, 5.74) is 1.10. The van der Waals surface area contributed by atoms with Crippen molar-refractivity contribution in [2.45, 2.75) is 39.2 Å². The van der Waals surface area contributed by atoms with Crippen LogP contribution in [0.5, 0.6) is 0 Å². The molecule has 1 aromatic rings. The van der Waals surface area contributed by atoms with Gasteiger partial charge in [0.15, 0.2) is 5.15 Å². The molecule has 1 atom stereocenters. The number of imidazole rings is 1. The lowest BCUT2D eigenvalue weighted by Gasteiger charge is -2.22. The van der Waals surface area contributed by atoms with Crippen LogP contribution in [0.2, 0.25) is 5.15 Å². The number of hydrogen-bond acceptors (Lipinski definition) is 2. The highest BCUT2D eigenvalue weighted by atomic mass is 35.5. The Morgan fingerprint density at radius 3 is 2.93 bits per heavy atom. The minimum absolute atomic E-state index is 0.125. The smallest absolute Gasteiger partial charge is 0.150 e. The minimum atomic E-state index is 0.125. The summed E-state index contributed by atoms with van der Waals surface area (Å²) in [5.74, 6) is 1.48. The molecule has 0 aliphatic carbocycles. The topological polar surface area (TPSA) is 34.9 Å². The van der Waals surface area contributed by atoms with Crippen molar-refractivity contribution in [2.24, 2.45) is 5.92 Å². The van der Waals surface area contributed by atoms with E-state index >= 15 is 0 Å². The van der Waals surface area contributed by atoms with E-state index in [2.05, 4.69) is 23.4 Å². The predicted molar refractivity (Wildman–Crippen MR) is 59.2 cm³/mol. The maximum Gasteiger partial charge on any atom is 0.150 e. The van der Waals surface area contributed by atoms with Crippen LogP contribution < -0.4 is 0 Å². The molecule has 0 saturated heterocycles. The highest BCUT2D eigenvalue weighted by Crippen LogP contribution is 2.29. The van der Waals surface area contributed by atoms with Crippen LogP contribution in [0.3, 0.4) is 0 Å². The summed E-state index contributed by atoms with van der Waals surface area (Å²) >= 11 is 6.08. The lowest BCUT2D eigenvalue weighted by atomic mass is 9.99. The molecule has 4 heteroatoms. The lowest BCUT2D eigenvalue weighted by molar-refractivity contribution is -0.111. The van der Waals surface area contributed by atoms with Crippen molar-refractivity contribution < 1.29 is 4.79 Å². The number of rotatable bonds is 2. The highest BCUT2D eigenvalue weighted by Gasteiger charge is 2.25. The fourth-order valence-electron chi connectivity index (χ4n) is 2.12. The monoisotopic (exact) mass is 226 g/mol. The third-order valence-corrected chi connectivity index (χ3v) is 3.23. The summed E-state index contributed by atoms with van der Waals surface area (Å²) in [6, 6.07) is 0. The third-order valence-electron chi connectivity index (χ3n) is 2.93. The van der Waals surface area contributed by atoms with Crippen molar-refractivity contribution in [1.82, 2.24) is 9.55 Å². The van der Waals surface area contributed by atoms with Gasteiger partial charge in [0.2, 0.25) is 0 Å². The van der Waals surface area contributed by atoms with E-state index in [1.54, 1.807) is 0 Å². The van der Waals surface area contributed by atoms with Crippen molar-refractivity contribution in [2.75, 3.05) is 0 Å². The second-order valence-electron chi connectivity index (χ2n) is 4.41. The van der Waals surface area contributed by atoms with E-state index in [-0.39, 0.29) is 5.92 Å². The minimum Gasteiger partial charge on any atom is -0.330 e. The van der Waals surface area contributed by atoms with Gasteiger partial charge in [-0.1, -0.05) is 25.4 Å². The molecule has 1 aliphatic rings. The summed E-state index contributed by atoms with van der Waals surface area (Å²) in [5, 5.41) is 0.614. The van der Waals surface area contributed by atoms with Crippen molar-refractivity contribution in [3.8, 4) is 0 Å². The molecule has 0 radical (unpaired) electrons. The fourth-order valence-corrected chi connectivity index (χ4v) is 2.40. The zero-order chi connectivity index (χ0) is 11.0. The average Bonchev–Trinajstić information content (AvgIpc) is 2.56. The molecule has 0 spiro atoms. The zero-order valence-corrected chi connectivity index (χ0v) is 9.79. The molecule has 0 amide bonds. The first kappa shape index (κ1) is 10.7. The zero-order valence-electron chi connectivity index (χ0n) is 9.03. The standard InChI is InChI=1S/C11H15ClN2O/c1-7(2)11-13-10(12)9-4-3-8(6-15)5-14(9)11/h6-8H,3-5H2,1-2H3. The second kappa shape index (κ2) is 3.97. The van der Waals surface area contributed by atoms with E-state index in [1.807, 2.05) is 0 Å². The van der Waals surface area contributed by atoms with Crippen molar-refractivity contribution in [1.29, 1.82) is 0 Å². The number of carbonyl (C=O) groups excluding carboxylic acids is 1. The van der Waals surface area contributed by atoms with Gasteiger partial charge in [0.1, 0.15) is 12.1 Å². The Morgan fingerprint density at radius 1 is 1.60 bits per heavy atom. The molecule has 0 fully saturated rings. The molecule has 0 aromatic carbocycles. The van der Waals surface area contributed by atoms with Crippen molar-refractivity contribution >= 4 is 17.9 Å².